The Hall–Kier alpha value is -1.17. The molecule has 3 unspecified atom stereocenters. The van der Waals surface area contributed by atoms with Crippen LogP contribution in [0.1, 0.15) is 71.1 Å². The normalized spacial score (nSPS) is 26.6. The van der Waals surface area contributed by atoms with E-state index < -0.39 is 24.3 Å². The van der Waals surface area contributed by atoms with E-state index in [9.17, 15) is 20.1 Å². The Morgan fingerprint density at radius 2 is 2.00 bits per heavy atom. The van der Waals surface area contributed by atoms with Crippen LogP contribution in [0, 0.1) is 5.92 Å². The van der Waals surface area contributed by atoms with Gasteiger partial charge < -0.3 is 20.4 Å². The zero-order valence-electron chi connectivity index (χ0n) is 15.3. The Morgan fingerprint density at radius 3 is 2.68 bits per heavy atom. The highest BCUT2D eigenvalue weighted by atomic mass is 16.4. The highest BCUT2D eigenvalue weighted by molar-refractivity contribution is 5.66. The first-order valence-corrected chi connectivity index (χ1v) is 9.56. The molecule has 5 heteroatoms. The maximum absolute atomic E-state index is 10.5. The lowest BCUT2D eigenvalue weighted by molar-refractivity contribution is -0.137. The van der Waals surface area contributed by atoms with Gasteiger partial charge in [0.2, 0.25) is 0 Å². The lowest BCUT2D eigenvalue weighted by Crippen LogP contribution is -2.14. The number of aliphatic hydroxyl groups excluding tert-OH is 3. The summed E-state index contributed by atoms with van der Waals surface area (Å²) in [5.41, 5.74) is 0.831. The maximum Gasteiger partial charge on any atom is 0.303 e. The number of aliphatic carboxylic acids is 1. The van der Waals surface area contributed by atoms with Crippen LogP contribution >= 0.6 is 0 Å². The molecule has 0 aliphatic heterocycles. The van der Waals surface area contributed by atoms with E-state index in [0.717, 1.165) is 31.3 Å². The first kappa shape index (κ1) is 21.9. The molecule has 0 aromatic rings. The number of carboxylic acid groups (broad SMARTS) is 1. The minimum absolute atomic E-state index is 0.117. The smallest absolute Gasteiger partial charge is 0.303 e. The van der Waals surface area contributed by atoms with Crippen molar-refractivity contribution in [1.82, 2.24) is 0 Å². The number of unbranched alkanes of at least 4 members (excludes halogenated alkanes) is 3. The molecule has 4 N–H and O–H groups in total. The molecule has 1 fully saturated rings. The second-order valence-corrected chi connectivity index (χ2v) is 7.01. The molecule has 0 saturated heterocycles. The Bertz CT molecular complexity index is 443. The van der Waals surface area contributed by atoms with E-state index in [1.165, 1.54) is 0 Å². The van der Waals surface area contributed by atoms with Crippen LogP contribution in [-0.2, 0) is 4.79 Å². The molecule has 0 bridgehead atoms. The molecule has 1 aliphatic carbocycles. The fourth-order valence-electron chi connectivity index (χ4n) is 3.33. The van der Waals surface area contributed by atoms with Gasteiger partial charge in [0, 0.05) is 18.8 Å². The van der Waals surface area contributed by atoms with Crippen molar-refractivity contribution in [2.45, 2.75) is 89.4 Å². The SMILES string of the molecule is CCCCCC(O)C/C=C1/C(O)CC(O)[C@@H]1C/C=C\CCCC(=O)O. The Morgan fingerprint density at radius 1 is 1.24 bits per heavy atom. The first-order chi connectivity index (χ1) is 12.0. The molecule has 0 aromatic carbocycles. The number of carbonyl (C=O) groups is 1. The largest absolute Gasteiger partial charge is 0.481 e. The van der Waals surface area contributed by atoms with Gasteiger partial charge in [-0.3, -0.25) is 4.79 Å². The molecular weight excluding hydrogens is 320 g/mol. The molecule has 4 atom stereocenters. The maximum atomic E-state index is 10.5. The number of hydrogen-bond acceptors (Lipinski definition) is 4. The molecular formula is C20H34O5. The Kier molecular flexibility index (Phi) is 10.7. The lowest BCUT2D eigenvalue weighted by Gasteiger charge is -2.16. The summed E-state index contributed by atoms with van der Waals surface area (Å²) in [6, 6.07) is 0. The van der Waals surface area contributed by atoms with Crippen molar-refractivity contribution in [2.75, 3.05) is 0 Å². The van der Waals surface area contributed by atoms with Crippen molar-refractivity contribution >= 4 is 5.97 Å². The highest BCUT2D eigenvalue weighted by Gasteiger charge is 2.35. The molecule has 0 aromatic heterocycles. The molecule has 1 rings (SSSR count). The minimum atomic E-state index is -0.787. The third-order valence-electron chi connectivity index (χ3n) is 4.83. The summed E-state index contributed by atoms with van der Waals surface area (Å²) in [4.78, 5) is 10.5. The van der Waals surface area contributed by atoms with E-state index in [1.807, 2.05) is 18.2 Å². The van der Waals surface area contributed by atoms with Crippen molar-refractivity contribution in [3.8, 4) is 0 Å². The molecule has 0 spiro atoms. The first-order valence-electron chi connectivity index (χ1n) is 9.56. The number of carboxylic acids is 1. The lowest BCUT2D eigenvalue weighted by atomic mass is 9.94. The van der Waals surface area contributed by atoms with Crippen molar-refractivity contribution < 1.29 is 25.2 Å². The van der Waals surface area contributed by atoms with Crippen molar-refractivity contribution in [2.24, 2.45) is 5.92 Å². The summed E-state index contributed by atoms with van der Waals surface area (Å²) >= 11 is 0. The van der Waals surface area contributed by atoms with Gasteiger partial charge in [0.05, 0.1) is 18.3 Å². The van der Waals surface area contributed by atoms with E-state index in [1.54, 1.807) is 0 Å². The third kappa shape index (κ3) is 8.66. The predicted molar refractivity (Wildman–Crippen MR) is 98.2 cm³/mol. The number of rotatable bonds is 12. The molecule has 1 aliphatic rings. The third-order valence-corrected chi connectivity index (χ3v) is 4.83. The van der Waals surface area contributed by atoms with Gasteiger partial charge in [-0.1, -0.05) is 44.4 Å². The van der Waals surface area contributed by atoms with Gasteiger partial charge in [-0.2, -0.15) is 0 Å². The zero-order chi connectivity index (χ0) is 18.7. The second kappa shape index (κ2) is 12.2. The van der Waals surface area contributed by atoms with Crippen molar-refractivity contribution in [3.63, 3.8) is 0 Å². The van der Waals surface area contributed by atoms with Gasteiger partial charge in [-0.05, 0) is 37.7 Å². The monoisotopic (exact) mass is 354 g/mol. The van der Waals surface area contributed by atoms with E-state index in [0.29, 0.717) is 32.1 Å². The fourth-order valence-corrected chi connectivity index (χ4v) is 3.33. The van der Waals surface area contributed by atoms with Crippen LogP contribution in [0.3, 0.4) is 0 Å². The average molecular weight is 354 g/mol. The van der Waals surface area contributed by atoms with E-state index in [4.69, 9.17) is 5.11 Å². The Balaban J connectivity index is 2.47. The summed E-state index contributed by atoms with van der Waals surface area (Å²) in [6.45, 7) is 2.13. The second-order valence-electron chi connectivity index (χ2n) is 7.01. The van der Waals surface area contributed by atoms with Gasteiger partial charge in [-0.25, -0.2) is 0 Å². The Labute approximate surface area is 151 Å². The number of allylic oxidation sites excluding steroid dienone is 2. The number of aliphatic hydroxyl groups is 3. The van der Waals surface area contributed by atoms with Crippen LogP contribution in [0.5, 0.6) is 0 Å². The molecule has 5 nitrogen and oxygen atoms in total. The van der Waals surface area contributed by atoms with Crippen LogP contribution in [0.25, 0.3) is 0 Å². The van der Waals surface area contributed by atoms with Gasteiger partial charge in [0.1, 0.15) is 0 Å². The fraction of sp³-hybridized carbons (Fsp3) is 0.750. The quantitative estimate of drug-likeness (QED) is 0.319. The van der Waals surface area contributed by atoms with Crippen LogP contribution < -0.4 is 0 Å². The summed E-state index contributed by atoms with van der Waals surface area (Å²) in [5, 5.41) is 39.0. The molecule has 0 amide bonds. The summed E-state index contributed by atoms with van der Waals surface area (Å²) in [5.74, 6) is -0.904. The predicted octanol–water partition coefficient (Wildman–Crippen LogP) is 3.19. The van der Waals surface area contributed by atoms with E-state index in [2.05, 4.69) is 6.92 Å². The van der Waals surface area contributed by atoms with Crippen LogP contribution in [0.4, 0.5) is 0 Å². The van der Waals surface area contributed by atoms with Crippen LogP contribution in [0.2, 0.25) is 0 Å². The van der Waals surface area contributed by atoms with Gasteiger partial charge >= 0.3 is 5.97 Å². The highest BCUT2D eigenvalue weighted by Crippen LogP contribution is 2.35. The van der Waals surface area contributed by atoms with Crippen LogP contribution in [0.15, 0.2) is 23.8 Å². The molecule has 25 heavy (non-hydrogen) atoms. The minimum Gasteiger partial charge on any atom is -0.481 e. The van der Waals surface area contributed by atoms with Crippen LogP contribution in [-0.4, -0.2) is 44.7 Å². The summed E-state index contributed by atoms with van der Waals surface area (Å²) in [7, 11) is 0. The van der Waals surface area contributed by atoms with Gasteiger partial charge in [0.15, 0.2) is 0 Å². The number of hydrogen-bond donors (Lipinski definition) is 4. The summed E-state index contributed by atoms with van der Waals surface area (Å²) in [6.07, 6.45) is 11.2. The molecule has 1 saturated carbocycles. The zero-order valence-corrected chi connectivity index (χ0v) is 15.3. The van der Waals surface area contributed by atoms with E-state index in [-0.39, 0.29) is 12.3 Å². The molecule has 144 valence electrons. The van der Waals surface area contributed by atoms with Gasteiger partial charge in [-0.15, -0.1) is 0 Å². The van der Waals surface area contributed by atoms with E-state index >= 15 is 0 Å². The van der Waals surface area contributed by atoms with Crippen molar-refractivity contribution in [1.29, 1.82) is 0 Å². The summed E-state index contributed by atoms with van der Waals surface area (Å²) < 4.78 is 0. The topological polar surface area (TPSA) is 98.0 Å². The molecule has 0 heterocycles. The van der Waals surface area contributed by atoms with Crippen molar-refractivity contribution in [3.05, 3.63) is 23.8 Å². The molecule has 0 radical (unpaired) electrons. The average Bonchev–Trinajstić information content (AvgIpc) is 2.82. The van der Waals surface area contributed by atoms with Gasteiger partial charge in [0.25, 0.3) is 0 Å². The standard InChI is InChI=1S/C20H34O5/c1-2-3-6-9-15(21)12-13-17-16(18(22)14-19(17)23)10-7-4-5-8-11-20(24)25/h4,7,13,15-16,18-19,21-23H,2-3,5-6,8-12,14H2,1H3,(H,24,25)/b7-4-,17-13+/t15?,16-,18?,19?/m1/s1.